The van der Waals surface area contributed by atoms with Crippen LogP contribution in [0.2, 0.25) is 0 Å². The minimum Gasteiger partial charge on any atom is -0.490 e. The predicted molar refractivity (Wildman–Crippen MR) is 113 cm³/mol. The lowest BCUT2D eigenvalue weighted by atomic mass is 10.2. The number of hydrogen-bond acceptors (Lipinski definition) is 3. The molecule has 0 saturated carbocycles. The van der Waals surface area contributed by atoms with Gasteiger partial charge in [-0.3, -0.25) is 4.99 Å². The summed E-state index contributed by atoms with van der Waals surface area (Å²) in [5.41, 5.74) is 0.550. The van der Waals surface area contributed by atoms with Crippen molar-refractivity contribution in [3.05, 3.63) is 59.2 Å². The van der Waals surface area contributed by atoms with Gasteiger partial charge in [-0.1, -0.05) is 12.1 Å². The zero-order chi connectivity index (χ0) is 20.5. The van der Waals surface area contributed by atoms with Crippen LogP contribution in [-0.4, -0.2) is 26.2 Å². The number of aliphatic imine (C=N–C) groups is 1. The number of nitrogens with zero attached hydrogens (tertiary/aromatic N) is 1. The van der Waals surface area contributed by atoms with Gasteiger partial charge < -0.3 is 20.1 Å². The van der Waals surface area contributed by atoms with Gasteiger partial charge in [0.25, 0.3) is 0 Å². The molecule has 2 rings (SSSR count). The minimum absolute atomic E-state index is 0. The van der Waals surface area contributed by atoms with Crippen molar-refractivity contribution >= 4 is 29.9 Å². The van der Waals surface area contributed by atoms with Crippen molar-refractivity contribution in [2.75, 3.05) is 13.7 Å². The number of rotatable bonds is 8. The Morgan fingerprint density at radius 1 is 1.07 bits per heavy atom. The van der Waals surface area contributed by atoms with Crippen LogP contribution < -0.4 is 20.1 Å². The molecule has 0 aliphatic heterocycles. The highest BCUT2D eigenvalue weighted by Crippen LogP contribution is 2.32. The molecule has 0 unspecified atom stereocenters. The molecule has 0 aromatic heterocycles. The van der Waals surface area contributed by atoms with E-state index in [2.05, 4.69) is 20.4 Å². The van der Waals surface area contributed by atoms with Gasteiger partial charge >= 0.3 is 6.61 Å². The fourth-order valence-electron chi connectivity index (χ4n) is 2.45. The monoisotopic (exact) mass is 527 g/mol. The molecule has 0 saturated heterocycles. The molecule has 5 nitrogen and oxygen atoms in total. The standard InChI is InChI=1S/C19H21F4N3O2.HI/c1-3-27-16-6-4-5-12(17(16)28-18(22)23)10-25-19(24-2)26-11-13-9-14(20)7-8-15(13)21;/h4-9,18H,3,10-11H2,1-2H3,(H2,24,25,26);1H. The first kappa shape index (κ1) is 24.8. The molecule has 0 atom stereocenters. The van der Waals surface area contributed by atoms with Gasteiger partial charge in [0.05, 0.1) is 6.61 Å². The first-order chi connectivity index (χ1) is 13.4. The summed E-state index contributed by atoms with van der Waals surface area (Å²) in [6, 6.07) is 7.93. The fourth-order valence-corrected chi connectivity index (χ4v) is 2.45. The lowest BCUT2D eigenvalue weighted by molar-refractivity contribution is -0.0520. The highest BCUT2D eigenvalue weighted by Gasteiger charge is 2.16. The molecular weight excluding hydrogens is 505 g/mol. The molecule has 160 valence electrons. The molecule has 0 aliphatic rings. The van der Waals surface area contributed by atoms with E-state index < -0.39 is 18.2 Å². The first-order valence-corrected chi connectivity index (χ1v) is 8.52. The van der Waals surface area contributed by atoms with Crippen molar-refractivity contribution in [2.45, 2.75) is 26.6 Å². The molecule has 0 radical (unpaired) electrons. The normalized spacial score (nSPS) is 11.1. The van der Waals surface area contributed by atoms with Gasteiger partial charge in [0.2, 0.25) is 0 Å². The molecule has 2 aromatic carbocycles. The molecular formula is C19H22F4IN3O2. The summed E-state index contributed by atoms with van der Waals surface area (Å²) in [6.07, 6.45) is 0. The van der Waals surface area contributed by atoms with E-state index in [0.717, 1.165) is 18.2 Å². The molecule has 2 aromatic rings. The Labute approximate surface area is 183 Å². The predicted octanol–water partition coefficient (Wildman–Crippen LogP) is 4.45. The number of para-hydroxylation sites is 1. The van der Waals surface area contributed by atoms with E-state index in [-0.39, 0.29) is 60.1 Å². The van der Waals surface area contributed by atoms with Crippen LogP contribution in [0.15, 0.2) is 41.4 Å². The van der Waals surface area contributed by atoms with Gasteiger partial charge in [-0.2, -0.15) is 8.78 Å². The Balaban J connectivity index is 0.00000420. The van der Waals surface area contributed by atoms with E-state index >= 15 is 0 Å². The highest BCUT2D eigenvalue weighted by molar-refractivity contribution is 14.0. The molecule has 0 bridgehead atoms. The van der Waals surface area contributed by atoms with Crippen molar-refractivity contribution in [3.8, 4) is 11.5 Å². The number of halogens is 5. The van der Waals surface area contributed by atoms with Crippen molar-refractivity contribution in [3.63, 3.8) is 0 Å². The first-order valence-electron chi connectivity index (χ1n) is 8.52. The fraction of sp³-hybridized carbons (Fsp3) is 0.316. The Bertz CT molecular complexity index is 822. The second-order valence-corrected chi connectivity index (χ2v) is 5.57. The molecule has 10 heteroatoms. The van der Waals surface area contributed by atoms with E-state index in [1.165, 1.54) is 13.1 Å². The zero-order valence-electron chi connectivity index (χ0n) is 15.8. The topological polar surface area (TPSA) is 54.9 Å². The smallest absolute Gasteiger partial charge is 0.387 e. The molecule has 0 spiro atoms. The molecule has 0 amide bonds. The third-order valence-electron chi connectivity index (χ3n) is 3.69. The van der Waals surface area contributed by atoms with Gasteiger partial charge in [-0.15, -0.1) is 24.0 Å². The van der Waals surface area contributed by atoms with E-state index in [9.17, 15) is 17.6 Å². The summed E-state index contributed by atoms with van der Waals surface area (Å²) < 4.78 is 62.4. The van der Waals surface area contributed by atoms with Crippen LogP contribution in [0.4, 0.5) is 17.6 Å². The molecule has 0 heterocycles. The molecule has 0 fully saturated rings. The second-order valence-electron chi connectivity index (χ2n) is 5.57. The maximum atomic E-state index is 13.7. The Morgan fingerprint density at radius 2 is 1.76 bits per heavy atom. The van der Waals surface area contributed by atoms with Crippen molar-refractivity contribution in [1.82, 2.24) is 10.6 Å². The average Bonchev–Trinajstić information content (AvgIpc) is 2.66. The van der Waals surface area contributed by atoms with Gasteiger partial charge in [0.1, 0.15) is 11.6 Å². The Morgan fingerprint density at radius 3 is 2.38 bits per heavy atom. The van der Waals surface area contributed by atoms with Crippen LogP contribution in [0.25, 0.3) is 0 Å². The van der Waals surface area contributed by atoms with E-state index in [0.29, 0.717) is 12.2 Å². The highest BCUT2D eigenvalue weighted by atomic mass is 127. The van der Waals surface area contributed by atoms with Crippen LogP contribution in [-0.2, 0) is 13.1 Å². The number of benzene rings is 2. The summed E-state index contributed by atoms with van der Waals surface area (Å²) in [7, 11) is 1.49. The number of nitrogens with one attached hydrogen (secondary N) is 2. The maximum Gasteiger partial charge on any atom is 0.387 e. The molecule has 29 heavy (non-hydrogen) atoms. The van der Waals surface area contributed by atoms with Crippen molar-refractivity contribution < 1.29 is 27.0 Å². The Hall–Kier alpha value is -2.24. The quantitative estimate of drug-likeness (QED) is 0.231. The minimum atomic E-state index is -3.01. The van der Waals surface area contributed by atoms with Crippen LogP contribution in [0, 0.1) is 11.6 Å². The largest absolute Gasteiger partial charge is 0.490 e. The van der Waals surface area contributed by atoms with E-state index in [1.807, 2.05) is 0 Å². The van der Waals surface area contributed by atoms with E-state index in [1.54, 1.807) is 19.1 Å². The molecule has 0 aliphatic carbocycles. The second kappa shape index (κ2) is 12.3. The van der Waals surface area contributed by atoms with Gasteiger partial charge in [-0.25, -0.2) is 8.78 Å². The zero-order valence-corrected chi connectivity index (χ0v) is 18.2. The van der Waals surface area contributed by atoms with Crippen molar-refractivity contribution in [1.29, 1.82) is 0 Å². The SMILES string of the molecule is CCOc1cccc(CNC(=NC)NCc2cc(F)ccc2F)c1OC(F)F.I. The van der Waals surface area contributed by atoms with Crippen LogP contribution >= 0.6 is 24.0 Å². The van der Waals surface area contributed by atoms with E-state index in [4.69, 9.17) is 4.74 Å². The maximum absolute atomic E-state index is 13.7. The third kappa shape index (κ3) is 7.59. The number of hydrogen-bond donors (Lipinski definition) is 2. The van der Waals surface area contributed by atoms with Crippen LogP contribution in [0.5, 0.6) is 11.5 Å². The summed E-state index contributed by atoms with van der Waals surface area (Å²) in [6.45, 7) is -0.904. The summed E-state index contributed by atoms with van der Waals surface area (Å²) in [5.74, 6) is -0.706. The van der Waals surface area contributed by atoms with Crippen LogP contribution in [0.1, 0.15) is 18.1 Å². The summed E-state index contributed by atoms with van der Waals surface area (Å²) >= 11 is 0. The Kier molecular flexibility index (Phi) is 10.6. The molecule has 2 N–H and O–H groups in total. The van der Waals surface area contributed by atoms with Gasteiger partial charge in [0, 0.05) is 31.3 Å². The van der Waals surface area contributed by atoms with Gasteiger partial charge in [0.15, 0.2) is 17.5 Å². The number of guanidine groups is 1. The number of alkyl halides is 2. The van der Waals surface area contributed by atoms with Gasteiger partial charge in [-0.05, 0) is 31.2 Å². The van der Waals surface area contributed by atoms with Crippen molar-refractivity contribution in [2.24, 2.45) is 4.99 Å². The summed E-state index contributed by atoms with van der Waals surface area (Å²) in [5, 5.41) is 5.75. The lowest BCUT2D eigenvalue weighted by Gasteiger charge is -2.17. The average molecular weight is 527 g/mol. The number of ether oxygens (including phenoxy) is 2. The van der Waals surface area contributed by atoms with Crippen LogP contribution in [0.3, 0.4) is 0 Å². The third-order valence-corrected chi connectivity index (χ3v) is 3.69. The lowest BCUT2D eigenvalue weighted by Crippen LogP contribution is -2.36. The summed E-state index contributed by atoms with van der Waals surface area (Å²) in [4.78, 5) is 3.98.